The number of hydrogen-bond acceptors (Lipinski definition) is 6. The predicted octanol–water partition coefficient (Wildman–Crippen LogP) is 3.41. The van der Waals surface area contributed by atoms with Gasteiger partial charge >= 0.3 is 0 Å². The van der Waals surface area contributed by atoms with E-state index in [0.29, 0.717) is 11.1 Å². The standard InChI is InChI=1S/C17H24N4O2S/c1-4-11(3)15(18)16-20-21-17(23-16)24-10-14(22)19-13-9-7-6-8-12(13)5-2/h6-9,11,15H,4-5,10,18H2,1-3H3,(H,19,22). The molecule has 7 heteroatoms. The quantitative estimate of drug-likeness (QED) is 0.710. The van der Waals surface area contributed by atoms with Crippen LogP contribution in [0.1, 0.15) is 44.7 Å². The van der Waals surface area contributed by atoms with E-state index in [0.717, 1.165) is 24.1 Å². The molecule has 0 bridgehead atoms. The molecule has 130 valence electrons. The summed E-state index contributed by atoms with van der Waals surface area (Å²) in [5.74, 6) is 0.783. The molecule has 0 aliphatic carbocycles. The number of aryl methyl sites for hydroxylation is 1. The number of nitrogens with zero attached hydrogens (tertiary/aromatic N) is 2. The first-order chi connectivity index (χ1) is 11.5. The predicted molar refractivity (Wildman–Crippen MR) is 95.9 cm³/mol. The Kier molecular flexibility index (Phi) is 6.81. The van der Waals surface area contributed by atoms with Crippen molar-refractivity contribution in [2.45, 2.75) is 44.9 Å². The van der Waals surface area contributed by atoms with Gasteiger partial charge in [0.25, 0.3) is 5.22 Å². The Labute approximate surface area is 146 Å². The molecule has 3 N–H and O–H groups in total. The normalized spacial score (nSPS) is 13.5. The van der Waals surface area contributed by atoms with E-state index in [-0.39, 0.29) is 23.6 Å². The van der Waals surface area contributed by atoms with Crippen molar-refractivity contribution in [3.8, 4) is 0 Å². The SMILES string of the molecule is CCc1ccccc1NC(=O)CSc1nnc(C(N)C(C)CC)o1. The minimum Gasteiger partial charge on any atom is -0.414 e. The van der Waals surface area contributed by atoms with Crippen LogP contribution in [-0.4, -0.2) is 21.9 Å². The van der Waals surface area contributed by atoms with Crippen LogP contribution in [0.25, 0.3) is 0 Å². The van der Waals surface area contributed by atoms with Crippen molar-refractivity contribution >= 4 is 23.4 Å². The first kappa shape index (κ1) is 18.5. The zero-order valence-electron chi connectivity index (χ0n) is 14.3. The highest BCUT2D eigenvalue weighted by atomic mass is 32.2. The number of thioether (sulfide) groups is 1. The number of benzene rings is 1. The number of rotatable bonds is 8. The Balaban J connectivity index is 1.89. The lowest BCUT2D eigenvalue weighted by molar-refractivity contribution is -0.113. The molecule has 1 amide bonds. The first-order valence-electron chi connectivity index (χ1n) is 8.14. The Morgan fingerprint density at radius 2 is 2.08 bits per heavy atom. The van der Waals surface area contributed by atoms with E-state index in [4.69, 9.17) is 10.2 Å². The molecule has 0 aliphatic heterocycles. The van der Waals surface area contributed by atoms with Gasteiger partial charge in [0.15, 0.2) is 0 Å². The number of nitrogens with one attached hydrogen (secondary N) is 1. The minimum absolute atomic E-state index is 0.105. The summed E-state index contributed by atoms with van der Waals surface area (Å²) >= 11 is 1.21. The van der Waals surface area contributed by atoms with Gasteiger partial charge in [0.1, 0.15) is 0 Å². The van der Waals surface area contributed by atoms with E-state index in [2.05, 4.69) is 29.4 Å². The lowest BCUT2D eigenvalue weighted by Gasteiger charge is -2.13. The number of para-hydroxylation sites is 1. The van der Waals surface area contributed by atoms with Gasteiger partial charge in [-0.25, -0.2) is 0 Å². The molecule has 0 saturated heterocycles. The maximum atomic E-state index is 12.1. The third kappa shape index (κ3) is 4.82. The summed E-state index contributed by atoms with van der Waals surface area (Å²) in [4.78, 5) is 12.1. The third-order valence-electron chi connectivity index (χ3n) is 3.96. The number of aromatic nitrogens is 2. The van der Waals surface area contributed by atoms with Crippen LogP contribution in [0.3, 0.4) is 0 Å². The first-order valence-corrected chi connectivity index (χ1v) is 9.13. The minimum atomic E-state index is -0.276. The molecule has 2 rings (SSSR count). The van der Waals surface area contributed by atoms with Gasteiger partial charge < -0.3 is 15.5 Å². The Morgan fingerprint density at radius 1 is 1.33 bits per heavy atom. The highest BCUT2D eigenvalue weighted by Gasteiger charge is 2.20. The molecule has 2 aromatic rings. The van der Waals surface area contributed by atoms with Gasteiger partial charge in [-0.15, -0.1) is 10.2 Å². The van der Waals surface area contributed by atoms with Gasteiger partial charge in [-0.1, -0.05) is 57.2 Å². The van der Waals surface area contributed by atoms with E-state index >= 15 is 0 Å². The third-order valence-corrected chi connectivity index (χ3v) is 4.78. The molecule has 6 nitrogen and oxygen atoms in total. The van der Waals surface area contributed by atoms with Gasteiger partial charge in [0.2, 0.25) is 11.8 Å². The molecule has 1 heterocycles. The molecule has 0 radical (unpaired) electrons. The molecule has 0 fully saturated rings. The lowest BCUT2D eigenvalue weighted by Crippen LogP contribution is -2.18. The summed E-state index contributed by atoms with van der Waals surface area (Å²) < 4.78 is 5.55. The summed E-state index contributed by atoms with van der Waals surface area (Å²) in [6.07, 6.45) is 1.80. The van der Waals surface area contributed by atoms with Gasteiger partial charge in [-0.05, 0) is 24.0 Å². The summed E-state index contributed by atoms with van der Waals surface area (Å²) in [5, 5.41) is 11.2. The van der Waals surface area contributed by atoms with Crippen LogP contribution in [0.4, 0.5) is 5.69 Å². The van der Waals surface area contributed by atoms with Crippen molar-refractivity contribution in [1.29, 1.82) is 0 Å². The fraction of sp³-hybridized carbons (Fsp3) is 0.471. The van der Waals surface area contributed by atoms with Crippen molar-refractivity contribution in [3.05, 3.63) is 35.7 Å². The van der Waals surface area contributed by atoms with Crippen molar-refractivity contribution in [2.24, 2.45) is 11.7 Å². The van der Waals surface area contributed by atoms with Crippen molar-refractivity contribution in [1.82, 2.24) is 10.2 Å². The van der Waals surface area contributed by atoms with Gasteiger partial charge in [0, 0.05) is 5.69 Å². The molecule has 1 aromatic carbocycles. The summed E-state index contributed by atoms with van der Waals surface area (Å²) in [7, 11) is 0. The largest absolute Gasteiger partial charge is 0.414 e. The van der Waals surface area contributed by atoms with Crippen LogP contribution < -0.4 is 11.1 Å². The number of nitrogens with two attached hydrogens (primary N) is 1. The number of amides is 1. The number of anilines is 1. The second-order valence-electron chi connectivity index (χ2n) is 5.67. The molecule has 24 heavy (non-hydrogen) atoms. The monoisotopic (exact) mass is 348 g/mol. The fourth-order valence-corrected chi connectivity index (χ4v) is 2.74. The molecule has 0 saturated carbocycles. The van der Waals surface area contributed by atoms with Crippen LogP contribution in [0, 0.1) is 5.92 Å². The molecule has 2 unspecified atom stereocenters. The second-order valence-corrected chi connectivity index (χ2v) is 6.59. The maximum absolute atomic E-state index is 12.1. The van der Waals surface area contributed by atoms with Gasteiger partial charge in [-0.2, -0.15) is 0 Å². The smallest absolute Gasteiger partial charge is 0.277 e. The molecular formula is C17H24N4O2S. The van der Waals surface area contributed by atoms with Gasteiger partial charge in [-0.3, -0.25) is 4.79 Å². The van der Waals surface area contributed by atoms with Crippen molar-refractivity contribution in [2.75, 3.05) is 11.1 Å². The highest BCUT2D eigenvalue weighted by molar-refractivity contribution is 7.99. The van der Waals surface area contributed by atoms with E-state index in [1.807, 2.05) is 31.2 Å². The lowest BCUT2D eigenvalue weighted by atomic mass is 10.0. The summed E-state index contributed by atoms with van der Waals surface area (Å²) in [5.41, 5.74) is 8.02. The van der Waals surface area contributed by atoms with Crippen LogP contribution in [0.5, 0.6) is 0 Å². The molecule has 1 aromatic heterocycles. The molecule has 0 aliphatic rings. The second kappa shape index (κ2) is 8.84. The summed E-state index contributed by atoms with van der Waals surface area (Å²) in [6.45, 7) is 6.16. The average Bonchev–Trinajstić information content (AvgIpc) is 3.08. The van der Waals surface area contributed by atoms with E-state index in [1.54, 1.807) is 0 Å². The fourth-order valence-electron chi connectivity index (χ4n) is 2.17. The van der Waals surface area contributed by atoms with E-state index < -0.39 is 0 Å². The average molecular weight is 348 g/mol. The van der Waals surface area contributed by atoms with E-state index in [1.165, 1.54) is 11.8 Å². The maximum Gasteiger partial charge on any atom is 0.277 e. The topological polar surface area (TPSA) is 94.0 Å². The Hall–Kier alpha value is -1.86. The van der Waals surface area contributed by atoms with Crippen LogP contribution in [0.15, 0.2) is 33.9 Å². The molecule has 0 spiro atoms. The highest BCUT2D eigenvalue weighted by Crippen LogP contribution is 2.24. The number of carbonyl (C=O) groups is 1. The Morgan fingerprint density at radius 3 is 2.79 bits per heavy atom. The number of hydrogen-bond donors (Lipinski definition) is 2. The van der Waals surface area contributed by atoms with Crippen molar-refractivity contribution < 1.29 is 9.21 Å². The summed E-state index contributed by atoms with van der Waals surface area (Å²) in [6, 6.07) is 7.49. The van der Waals surface area contributed by atoms with Crippen LogP contribution in [-0.2, 0) is 11.2 Å². The van der Waals surface area contributed by atoms with Crippen LogP contribution in [0.2, 0.25) is 0 Å². The Bertz CT molecular complexity index is 674. The van der Waals surface area contributed by atoms with Gasteiger partial charge in [0.05, 0.1) is 11.8 Å². The zero-order valence-corrected chi connectivity index (χ0v) is 15.1. The molecule has 2 atom stereocenters. The van der Waals surface area contributed by atoms with Crippen molar-refractivity contribution in [3.63, 3.8) is 0 Å². The van der Waals surface area contributed by atoms with Crippen LogP contribution >= 0.6 is 11.8 Å². The number of carbonyl (C=O) groups excluding carboxylic acids is 1. The zero-order chi connectivity index (χ0) is 17.5. The van der Waals surface area contributed by atoms with E-state index in [9.17, 15) is 4.79 Å². The molecular weight excluding hydrogens is 324 g/mol.